The number of piperidine rings is 1. The van der Waals surface area contributed by atoms with E-state index in [-0.39, 0.29) is 22.5 Å². The predicted molar refractivity (Wildman–Crippen MR) is 135 cm³/mol. The Kier molecular flexibility index (Phi) is 4.97. The van der Waals surface area contributed by atoms with Crippen molar-refractivity contribution in [2.24, 2.45) is 7.05 Å². The van der Waals surface area contributed by atoms with E-state index in [9.17, 15) is 10.1 Å². The number of pyridine rings is 1. The number of aromatic nitrogens is 2. The lowest BCUT2D eigenvalue weighted by Gasteiger charge is -2.39. The van der Waals surface area contributed by atoms with E-state index in [0.717, 1.165) is 57.5 Å². The molecule has 2 aliphatic rings. The van der Waals surface area contributed by atoms with Gasteiger partial charge in [0.1, 0.15) is 17.1 Å². The summed E-state index contributed by atoms with van der Waals surface area (Å²) in [7, 11) is 1.76. The number of para-hydroxylation sites is 1. The van der Waals surface area contributed by atoms with Crippen LogP contribution < -0.4 is 10.5 Å². The molecule has 0 saturated carbocycles. The van der Waals surface area contributed by atoms with Crippen molar-refractivity contribution in [2.45, 2.75) is 38.0 Å². The number of nitriles is 1. The zero-order valence-corrected chi connectivity index (χ0v) is 20.3. The zero-order valence-electron chi connectivity index (χ0n) is 20.3. The van der Waals surface area contributed by atoms with Gasteiger partial charge in [0.05, 0.1) is 24.4 Å². The Hall–Kier alpha value is -3.63. The molecule has 2 saturated heterocycles. The Balaban J connectivity index is 1.40. The van der Waals surface area contributed by atoms with Gasteiger partial charge in [0.15, 0.2) is 5.58 Å². The Morgan fingerprint density at radius 1 is 1.17 bits per heavy atom. The van der Waals surface area contributed by atoms with E-state index in [1.165, 1.54) is 0 Å². The number of hydrogen-bond acceptors (Lipinski definition) is 6. The number of aryl methyl sites for hydroxylation is 2. The average molecular weight is 469 g/mol. The number of nitrogens with zero attached hydrogens (tertiary/aromatic N) is 4. The maximum absolute atomic E-state index is 13.3. The van der Waals surface area contributed by atoms with Gasteiger partial charge in [-0.3, -0.25) is 4.79 Å². The van der Waals surface area contributed by atoms with E-state index in [1.807, 2.05) is 24.3 Å². The molecular formula is C28H28N4O3. The van der Waals surface area contributed by atoms with Crippen molar-refractivity contribution in [1.29, 1.82) is 5.26 Å². The molecule has 4 aromatic rings. The molecule has 0 bridgehead atoms. The van der Waals surface area contributed by atoms with Gasteiger partial charge in [-0.2, -0.15) is 5.26 Å². The summed E-state index contributed by atoms with van der Waals surface area (Å²) in [6.07, 6.45) is 1.63. The lowest BCUT2D eigenvalue weighted by Crippen LogP contribution is -2.42. The minimum Gasteiger partial charge on any atom is -0.440 e. The molecular weight excluding hydrogens is 440 g/mol. The fourth-order valence-electron chi connectivity index (χ4n) is 5.54. The van der Waals surface area contributed by atoms with E-state index in [0.29, 0.717) is 26.3 Å². The highest BCUT2D eigenvalue weighted by atomic mass is 16.5. The average Bonchev–Trinajstić information content (AvgIpc) is 3.25. The first kappa shape index (κ1) is 21.9. The van der Waals surface area contributed by atoms with Crippen LogP contribution in [0.15, 0.2) is 45.6 Å². The highest BCUT2D eigenvalue weighted by molar-refractivity contribution is 5.97. The van der Waals surface area contributed by atoms with Gasteiger partial charge < -0.3 is 18.6 Å². The van der Waals surface area contributed by atoms with Crippen LogP contribution in [0.3, 0.4) is 0 Å². The summed E-state index contributed by atoms with van der Waals surface area (Å²) in [5.74, 6) is 1.04. The van der Waals surface area contributed by atoms with Crippen LogP contribution >= 0.6 is 0 Å². The number of benzene rings is 2. The van der Waals surface area contributed by atoms with E-state index in [1.54, 1.807) is 11.6 Å². The van der Waals surface area contributed by atoms with Gasteiger partial charge in [-0.05, 0) is 43.0 Å². The summed E-state index contributed by atoms with van der Waals surface area (Å²) < 4.78 is 13.2. The fourth-order valence-corrected chi connectivity index (χ4v) is 5.54. The van der Waals surface area contributed by atoms with E-state index < -0.39 is 0 Å². The molecule has 2 aromatic carbocycles. The molecule has 35 heavy (non-hydrogen) atoms. The molecule has 7 nitrogen and oxygen atoms in total. The first-order valence-electron chi connectivity index (χ1n) is 12.2. The smallest absolute Gasteiger partial charge is 0.270 e. The van der Waals surface area contributed by atoms with Crippen LogP contribution in [0.25, 0.3) is 22.0 Å². The van der Waals surface area contributed by atoms with Crippen LogP contribution in [-0.2, 0) is 17.2 Å². The monoisotopic (exact) mass is 468 g/mol. The Bertz CT molecular complexity index is 1560. The topological polar surface area (TPSA) is 84.3 Å². The molecule has 2 aromatic heterocycles. The predicted octanol–water partition coefficient (Wildman–Crippen LogP) is 4.53. The second kappa shape index (κ2) is 7.96. The molecule has 0 spiro atoms. The molecule has 0 radical (unpaired) electrons. The first-order chi connectivity index (χ1) is 16.9. The summed E-state index contributed by atoms with van der Waals surface area (Å²) in [6, 6.07) is 14.4. The molecule has 0 amide bonds. The molecule has 178 valence electrons. The van der Waals surface area contributed by atoms with Crippen LogP contribution in [0.1, 0.15) is 48.3 Å². The maximum atomic E-state index is 13.3. The van der Waals surface area contributed by atoms with Crippen LogP contribution in [0, 0.1) is 18.3 Å². The van der Waals surface area contributed by atoms with Crippen molar-refractivity contribution >= 4 is 27.7 Å². The van der Waals surface area contributed by atoms with Gasteiger partial charge in [0.2, 0.25) is 5.89 Å². The van der Waals surface area contributed by atoms with Gasteiger partial charge in [0.25, 0.3) is 5.56 Å². The quantitative estimate of drug-likeness (QED) is 0.439. The summed E-state index contributed by atoms with van der Waals surface area (Å²) in [5, 5.41) is 11.0. The number of oxazole rings is 1. The summed E-state index contributed by atoms with van der Waals surface area (Å²) >= 11 is 0. The highest BCUT2D eigenvalue weighted by Crippen LogP contribution is 2.41. The molecule has 2 fully saturated rings. The lowest BCUT2D eigenvalue weighted by atomic mass is 9.80. The number of ether oxygens (including phenoxy) is 1. The Morgan fingerprint density at radius 2 is 1.94 bits per heavy atom. The van der Waals surface area contributed by atoms with Gasteiger partial charge in [-0.15, -0.1) is 0 Å². The van der Waals surface area contributed by atoms with Crippen LogP contribution in [0.4, 0.5) is 5.69 Å². The molecule has 0 N–H and O–H groups in total. The third-order valence-corrected chi connectivity index (χ3v) is 7.85. The zero-order chi connectivity index (χ0) is 24.3. The SMILES string of the molecule is Cc1ccc2oc(C3(C)CCN(c4c(C#N)c(=O)n(C)c5c(C6COC6)cccc45)CC3)nc2c1. The van der Waals surface area contributed by atoms with Gasteiger partial charge in [-0.1, -0.05) is 31.2 Å². The summed E-state index contributed by atoms with van der Waals surface area (Å²) in [4.78, 5) is 20.3. The van der Waals surface area contributed by atoms with Crippen molar-refractivity contribution in [1.82, 2.24) is 9.55 Å². The Morgan fingerprint density at radius 3 is 2.63 bits per heavy atom. The van der Waals surface area contributed by atoms with Crippen LogP contribution in [-0.4, -0.2) is 35.9 Å². The molecule has 4 heterocycles. The van der Waals surface area contributed by atoms with Crippen molar-refractivity contribution in [2.75, 3.05) is 31.2 Å². The molecule has 2 aliphatic heterocycles. The normalized spacial score (nSPS) is 18.1. The second-order valence-corrected chi connectivity index (χ2v) is 10.2. The largest absolute Gasteiger partial charge is 0.440 e. The lowest BCUT2D eigenvalue weighted by molar-refractivity contribution is 0.00887. The minimum atomic E-state index is -0.245. The van der Waals surface area contributed by atoms with Gasteiger partial charge in [0, 0.05) is 36.9 Å². The fraction of sp³-hybridized carbons (Fsp3) is 0.393. The van der Waals surface area contributed by atoms with E-state index >= 15 is 0 Å². The van der Waals surface area contributed by atoms with E-state index in [2.05, 4.69) is 36.9 Å². The number of rotatable bonds is 3. The molecule has 6 rings (SSSR count). The molecule has 7 heteroatoms. The number of fused-ring (bicyclic) bond motifs is 2. The number of anilines is 1. The van der Waals surface area contributed by atoms with Crippen molar-refractivity contribution in [3.05, 3.63) is 69.3 Å². The highest BCUT2D eigenvalue weighted by Gasteiger charge is 2.38. The third kappa shape index (κ3) is 3.35. The maximum Gasteiger partial charge on any atom is 0.270 e. The number of hydrogen-bond donors (Lipinski definition) is 0. The minimum absolute atomic E-state index is 0.208. The van der Waals surface area contributed by atoms with Crippen molar-refractivity contribution < 1.29 is 9.15 Å². The third-order valence-electron chi connectivity index (χ3n) is 7.85. The van der Waals surface area contributed by atoms with Crippen molar-refractivity contribution in [3.63, 3.8) is 0 Å². The standard InChI is InChI=1S/C28H28N4O3/c1-17-7-8-23-22(13-17)30-27(35-23)28(2)9-11-32(12-10-28)25-20-6-4-5-19(18-15-34-16-18)24(20)31(3)26(33)21(25)14-29/h4-8,13,18H,9-12,15-16H2,1-3H3. The molecule has 0 aliphatic carbocycles. The van der Waals surface area contributed by atoms with Crippen LogP contribution in [0.2, 0.25) is 0 Å². The summed E-state index contributed by atoms with van der Waals surface area (Å²) in [6.45, 7) is 7.00. The van der Waals surface area contributed by atoms with Gasteiger partial charge in [-0.25, -0.2) is 4.98 Å². The molecule has 0 atom stereocenters. The first-order valence-corrected chi connectivity index (χ1v) is 12.2. The molecule has 0 unspecified atom stereocenters. The Labute approximate surface area is 203 Å². The summed E-state index contributed by atoms with van der Waals surface area (Å²) in [5.41, 5.74) is 5.39. The van der Waals surface area contributed by atoms with Crippen molar-refractivity contribution in [3.8, 4) is 6.07 Å². The van der Waals surface area contributed by atoms with E-state index in [4.69, 9.17) is 14.1 Å². The van der Waals surface area contributed by atoms with Gasteiger partial charge >= 0.3 is 0 Å². The van der Waals surface area contributed by atoms with Crippen LogP contribution in [0.5, 0.6) is 0 Å². The second-order valence-electron chi connectivity index (χ2n) is 10.2.